The van der Waals surface area contributed by atoms with Crippen molar-refractivity contribution in [3.05, 3.63) is 97.2 Å². The first-order chi connectivity index (χ1) is 43.7. The molecule has 1 amide bonds. The first kappa shape index (κ1) is 83.6. The maximum atomic E-state index is 13.5. The Morgan fingerprint density at radius 1 is 0.449 bits per heavy atom. The summed E-state index contributed by atoms with van der Waals surface area (Å²) in [6.07, 6.45) is 77.2. The molecule has 1 aliphatic heterocycles. The summed E-state index contributed by atoms with van der Waals surface area (Å²) in [5.41, 5.74) is 0. The minimum atomic E-state index is -1.62. The average molecular weight is 1250 g/mol. The molecule has 0 bridgehead atoms. The molecule has 0 spiro atoms. The first-order valence-corrected chi connectivity index (χ1v) is 37.0. The number of aliphatic hydroxyl groups is 5. The Hall–Kier alpha value is -3.42. The van der Waals surface area contributed by atoms with Gasteiger partial charge in [-0.2, -0.15) is 0 Å². The van der Waals surface area contributed by atoms with Crippen LogP contribution >= 0.6 is 0 Å². The van der Waals surface area contributed by atoms with E-state index in [2.05, 4.69) is 111 Å². The third kappa shape index (κ3) is 51.7. The fraction of sp³-hybridized carbons (Fsp3) is 0.769. The van der Waals surface area contributed by atoms with E-state index in [-0.39, 0.29) is 19.4 Å². The molecule has 8 unspecified atom stereocenters. The van der Waals surface area contributed by atoms with Crippen LogP contribution in [0.25, 0.3) is 0 Å². The van der Waals surface area contributed by atoms with Gasteiger partial charge in [0.2, 0.25) is 5.91 Å². The molecular weight excluding hydrogens is 1110 g/mol. The van der Waals surface area contributed by atoms with Crippen LogP contribution in [0.1, 0.15) is 323 Å². The highest BCUT2D eigenvalue weighted by molar-refractivity contribution is 5.80. The van der Waals surface area contributed by atoms with E-state index < -0.39 is 67.4 Å². The summed E-state index contributed by atoms with van der Waals surface area (Å²) in [4.78, 5) is 26.7. The Balaban J connectivity index is 2.58. The number of aliphatic hydroxyl groups excluding tert-OH is 5. The lowest BCUT2D eigenvalue weighted by molar-refractivity contribution is -0.305. The number of hydrogen-bond donors (Lipinski definition) is 6. The van der Waals surface area contributed by atoms with E-state index in [0.29, 0.717) is 12.8 Å². The van der Waals surface area contributed by atoms with Gasteiger partial charge in [0.25, 0.3) is 0 Å². The lowest BCUT2D eigenvalue weighted by Gasteiger charge is -2.41. The number of esters is 1. The standard InChI is InChI=1S/C78H137NO10/c1-4-7-10-13-16-19-22-25-27-29-31-33-35-37-38-40-42-44-47-50-53-56-59-62-65-71(82)77(86)79-69(70(81)64-61-58-55-52-49-46-24-21-18-15-12-9-6-3)68-87-78-76(75(85)74(84)72(67-80)88-78)89-73(83)66-63-60-57-54-51-48-45-43-41-39-36-34-32-30-28-26-23-20-17-14-11-8-5-2/h8,11,16-17,19-20,25-28,32,34,39,41,61,64,69-72,74-76,78,80-82,84-85H,4-7,9-10,12-15,18,21-24,29-31,33,35-38,40,42-60,62-63,65-68H2,1-3H3,(H,79,86)/b11-8-,19-16-,20-17-,27-25-,28-26-,34-32-,41-39-,64-61+. The lowest BCUT2D eigenvalue weighted by Crippen LogP contribution is -2.61. The number of rotatable bonds is 63. The zero-order valence-corrected chi connectivity index (χ0v) is 57.3. The number of ether oxygens (including phenoxy) is 3. The number of carbonyl (C=O) groups is 2. The molecule has 0 aromatic rings. The van der Waals surface area contributed by atoms with Crippen LogP contribution in [0.4, 0.5) is 0 Å². The molecule has 6 N–H and O–H groups in total. The van der Waals surface area contributed by atoms with Gasteiger partial charge in [-0.05, 0) is 103 Å². The van der Waals surface area contributed by atoms with Gasteiger partial charge in [0.15, 0.2) is 12.4 Å². The molecule has 8 atom stereocenters. The van der Waals surface area contributed by atoms with E-state index in [1.54, 1.807) is 6.08 Å². The molecule has 1 aliphatic rings. The monoisotopic (exact) mass is 1250 g/mol. The Morgan fingerprint density at radius 2 is 0.809 bits per heavy atom. The van der Waals surface area contributed by atoms with E-state index in [0.717, 1.165) is 122 Å². The van der Waals surface area contributed by atoms with Crippen molar-refractivity contribution in [1.82, 2.24) is 5.32 Å². The van der Waals surface area contributed by atoms with Crippen LogP contribution in [0.2, 0.25) is 0 Å². The molecule has 0 saturated carbocycles. The molecule has 0 aromatic carbocycles. The van der Waals surface area contributed by atoms with Gasteiger partial charge in [-0.15, -0.1) is 0 Å². The molecule has 0 radical (unpaired) electrons. The number of hydrogen-bond acceptors (Lipinski definition) is 10. The summed E-state index contributed by atoms with van der Waals surface area (Å²) < 4.78 is 17.7. The van der Waals surface area contributed by atoms with Crippen LogP contribution in [-0.2, 0) is 23.8 Å². The SMILES string of the molecule is CC/C=C\C/C=C\C/C=C\C/C=C\C/C=C\CCCCCCCCCC(=O)OC1C(OCC(NC(=O)C(O)CCCCCCCCCCCCCCCC/C=C\C/C=C\CCCCC)C(O)/C=C/CCCCCCCCCCCCC)OC(CO)C(O)C1O. The van der Waals surface area contributed by atoms with Gasteiger partial charge < -0.3 is 45.1 Å². The number of nitrogens with one attached hydrogen (secondary N) is 1. The van der Waals surface area contributed by atoms with Gasteiger partial charge in [-0.1, -0.05) is 311 Å². The normalized spacial score (nSPS) is 18.7. The summed E-state index contributed by atoms with van der Waals surface area (Å²) in [5, 5.41) is 57.4. The van der Waals surface area contributed by atoms with Gasteiger partial charge in [0, 0.05) is 6.42 Å². The van der Waals surface area contributed by atoms with Gasteiger partial charge in [-0.25, -0.2) is 0 Å². The van der Waals surface area contributed by atoms with Crippen molar-refractivity contribution < 1.29 is 49.3 Å². The fourth-order valence-corrected chi connectivity index (χ4v) is 11.2. The average Bonchev–Trinajstić information content (AvgIpc) is 3.20. The summed E-state index contributed by atoms with van der Waals surface area (Å²) in [6, 6.07) is -1.03. The third-order valence-corrected chi connectivity index (χ3v) is 17.0. The second-order valence-corrected chi connectivity index (χ2v) is 25.3. The summed E-state index contributed by atoms with van der Waals surface area (Å²) in [5.74, 6) is -1.20. The summed E-state index contributed by atoms with van der Waals surface area (Å²) in [6.45, 7) is 5.68. The van der Waals surface area contributed by atoms with Crippen LogP contribution in [0.15, 0.2) is 97.2 Å². The summed E-state index contributed by atoms with van der Waals surface area (Å²) in [7, 11) is 0. The highest BCUT2D eigenvalue weighted by Crippen LogP contribution is 2.26. The predicted molar refractivity (Wildman–Crippen MR) is 375 cm³/mol. The molecule has 514 valence electrons. The van der Waals surface area contributed by atoms with Gasteiger partial charge >= 0.3 is 5.97 Å². The van der Waals surface area contributed by atoms with Crippen LogP contribution in [-0.4, -0.2) is 99.6 Å². The Morgan fingerprint density at radius 3 is 1.24 bits per heavy atom. The molecule has 11 heteroatoms. The number of carbonyl (C=O) groups excluding carboxylic acids is 2. The van der Waals surface area contributed by atoms with E-state index in [1.165, 1.54) is 154 Å². The van der Waals surface area contributed by atoms with Crippen molar-refractivity contribution in [2.45, 2.75) is 372 Å². The number of unbranched alkanes of at least 4 members (excludes halogenated alkanes) is 35. The van der Waals surface area contributed by atoms with E-state index >= 15 is 0 Å². The molecule has 89 heavy (non-hydrogen) atoms. The van der Waals surface area contributed by atoms with Crippen molar-refractivity contribution in [3.8, 4) is 0 Å². The van der Waals surface area contributed by atoms with Crippen molar-refractivity contribution in [3.63, 3.8) is 0 Å². The second kappa shape index (κ2) is 64.7. The first-order valence-electron chi connectivity index (χ1n) is 37.0. The molecule has 1 heterocycles. The Bertz CT molecular complexity index is 1820. The fourth-order valence-electron chi connectivity index (χ4n) is 11.2. The zero-order valence-electron chi connectivity index (χ0n) is 57.3. The van der Waals surface area contributed by atoms with E-state index in [9.17, 15) is 35.1 Å². The minimum absolute atomic E-state index is 0.107. The van der Waals surface area contributed by atoms with Crippen molar-refractivity contribution in [1.29, 1.82) is 0 Å². The lowest BCUT2D eigenvalue weighted by atomic mass is 9.99. The number of allylic oxidation sites excluding steroid dienone is 15. The van der Waals surface area contributed by atoms with Crippen LogP contribution in [0, 0.1) is 0 Å². The van der Waals surface area contributed by atoms with Gasteiger partial charge in [0.05, 0.1) is 25.4 Å². The molecular formula is C78H137NO10. The largest absolute Gasteiger partial charge is 0.454 e. The molecule has 11 nitrogen and oxygen atoms in total. The Kier molecular flexibility index (Phi) is 60.7. The smallest absolute Gasteiger partial charge is 0.306 e. The summed E-state index contributed by atoms with van der Waals surface area (Å²) >= 11 is 0. The van der Waals surface area contributed by atoms with Crippen LogP contribution < -0.4 is 5.32 Å². The maximum Gasteiger partial charge on any atom is 0.306 e. The van der Waals surface area contributed by atoms with Crippen molar-refractivity contribution in [2.24, 2.45) is 0 Å². The molecule has 0 aliphatic carbocycles. The van der Waals surface area contributed by atoms with E-state index in [4.69, 9.17) is 14.2 Å². The molecule has 1 fully saturated rings. The Labute approximate surface area is 546 Å². The van der Waals surface area contributed by atoms with Gasteiger partial charge in [0.1, 0.15) is 24.4 Å². The van der Waals surface area contributed by atoms with Crippen molar-refractivity contribution in [2.75, 3.05) is 13.2 Å². The predicted octanol–water partition coefficient (Wildman–Crippen LogP) is 19.4. The topological polar surface area (TPSA) is 175 Å². The van der Waals surface area contributed by atoms with Crippen LogP contribution in [0.3, 0.4) is 0 Å². The highest BCUT2D eigenvalue weighted by Gasteiger charge is 2.47. The quantitative estimate of drug-likeness (QED) is 0.0195. The highest BCUT2D eigenvalue weighted by atomic mass is 16.7. The van der Waals surface area contributed by atoms with Crippen LogP contribution in [0.5, 0.6) is 0 Å². The second-order valence-electron chi connectivity index (χ2n) is 25.3. The molecule has 0 aromatic heterocycles. The van der Waals surface area contributed by atoms with Crippen molar-refractivity contribution >= 4 is 11.9 Å². The van der Waals surface area contributed by atoms with E-state index in [1.807, 2.05) is 6.08 Å². The third-order valence-electron chi connectivity index (χ3n) is 17.0. The zero-order chi connectivity index (χ0) is 64.6. The maximum absolute atomic E-state index is 13.5. The number of amides is 1. The minimum Gasteiger partial charge on any atom is -0.454 e. The molecule has 1 saturated heterocycles. The molecule has 1 rings (SSSR count). The van der Waals surface area contributed by atoms with Gasteiger partial charge in [-0.3, -0.25) is 9.59 Å².